The fraction of sp³-hybridized carbons (Fsp3) is 0.462. The Labute approximate surface area is 127 Å². The predicted octanol–water partition coefficient (Wildman–Crippen LogP) is 1.78. The number of thiophene rings is 1. The molecule has 2 heterocycles. The lowest BCUT2D eigenvalue weighted by Crippen LogP contribution is -2.23. The molecule has 0 saturated heterocycles. The first-order valence-electron chi connectivity index (χ1n) is 6.75. The van der Waals surface area contributed by atoms with Crippen LogP contribution in [0.2, 0.25) is 0 Å². The molecule has 0 unspecified atom stereocenters. The summed E-state index contributed by atoms with van der Waals surface area (Å²) in [4.78, 5) is 5.29. The molecule has 0 spiro atoms. The minimum atomic E-state index is -3.52. The number of oxazole rings is 1. The van der Waals surface area contributed by atoms with Crippen molar-refractivity contribution in [2.45, 2.75) is 43.8 Å². The van der Waals surface area contributed by atoms with Crippen LogP contribution in [0.4, 0.5) is 0 Å². The highest BCUT2D eigenvalue weighted by Gasteiger charge is 2.21. The van der Waals surface area contributed by atoms with Gasteiger partial charge in [-0.3, -0.25) is 0 Å². The highest BCUT2D eigenvalue weighted by atomic mass is 32.2. The number of nitrogens with one attached hydrogen (secondary N) is 2. The van der Waals surface area contributed by atoms with Crippen molar-refractivity contribution < 1.29 is 12.8 Å². The zero-order chi connectivity index (χ0) is 14.9. The summed E-state index contributed by atoms with van der Waals surface area (Å²) in [7, 11) is -3.52. The zero-order valence-corrected chi connectivity index (χ0v) is 13.3. The molecule has 21 heavy (non-hydrogen) atoms. The third-order valence-corrected chi connectivity index (χ3v) is 5.63. The van der Waals surface area contributed by atoms with Crippen molar-refractivity contribution in [2.75, 3.05) is 0 Å². The van der Waals surface area contributed by atoms with Crippen LogP contribution < -0.4 is 10.0 Å². The van der Waals surface area contributed by atoms with E-state index in [1.165, 1.54) is 24.2 Å². The molecule has 0 aromatic carbocycles. The van der Waals surface area contributed by atoms with E-state index < -0.39 is 10.0 Å². The Morgan fingerprint density at radius 1 is 1.43 bits per heavy atom. The third kappa shape index (κ3) is 3.91. The molecule has 0 atom stereocenters. The van der Waals surface area contributed by atoms with Crippen LogP contribution in [-0.4, -0.2) is 19.4 Å². The zero-order valence-electron chi connectivity index (χ0n) is 11.6. The molecule has 6 nitrogen and oxygen atoms in total. The lowest BCUT2D eigenvalue weighted by Gasteiger charge is -2.02. The van der Waals surface area contributed by atoms with Gasteiger partial charge in [0.05, 0.1) is 17.6 Å². The molecule has 0 radical (unpaired) electrons. The van der Waals surface area contributed by atoms with Crippen LogP contribution in [-0.2, 0) is 23.1 Å². The largest absolute Gasteiger partial charge is 0.445 e. The van der Waals surface area contributed by atoms with Gasteiger partial charge in [0, 0.05) is 22.8 Å². The maximum Gasteiger partial charge on any atom is 0.241 e. The first kappa shape index (κ1) is 14.7. The second-order valence-electron chi connectivity index (χ2n) is 5.09. The molecule has 1 aliphatic carbocycles. The Bertz CT molecular complexity index is 717. The molecule has 2 aromatic rings. The molecular weight excluding hydrogens is 310 g/mol. The Morgan fingerprint density at radius 3 is 2.90 bits per heavy atom. The van der Waals surface area contributed by atoms with E-state index in [4.69, 9.17) is 4.42 Å². The molecular formula is C13H17N3O3S2. The quantitative estimate of drug-likeness (QED) is 0.810. The summed E-state index contributed by atoms with van der Waals surface area (Å²) in [5.41, 5.74) is 0. The highest BCUT2D eigenvalue weighted by molar-refractivity contribution is 7.89. The van der Waals surface area contributed by atoms with Crippen LogP contribution >= 0.6 is 11.3 Å². The van der Waals surface area contributed by atoms with Crippen molar-refractivity contribution in [1.29, 1.82) is 0 Å². The summed E-state index contributed by atoms with van der Waals surface area (Å²) in [6.45, 7) is 2.55. The summed E-state index contributed by atoms with van der Waals surface area (Å²) in [5, 5.41) is 5.03. The van der Waals surface area contributed by atoms with Crippen LogP contribution in [0, 0.1) is 6.92 Å². The fourth-order valence-electron chi connectivity index (χ4n) is 1.85. The van der Waals surface area contributed by atoms with Crippen LogP contribution in [0.15, 0.2) is 27.0 Å². The first-order chi connectivity index (χ1) is 10.0. The van der Waals surface area contributed by atoms with Gasteiger partial charge in [-0.15, -0.1) is 11.3 Å². The summed E-state index contributed by atoms with van der Waals surface area (Å²) < 4.78 is 32.1. The Morgan fingerprint density at radius 2 is 2.24 bits per heavy atom. The van der Waals surface area contributed by atoms with Gasteiger partial charge in [-0.2, -0.15) is 0 Å². The second kappa shape index (κ2) is 5.88. The summed E-state index contributed by atoms with van der Waals surface area (Å²) in [6.07, 6.45) is 4.00. The van der Waals surface area contributed by atoms with Crippen molar-refractivity contribution in [3.05, 3.63) is 34.2 Å². The van der Waals surface area contributed by atoms with E-state index >= 15 is 0 Å². The van der Waals surface area contributed by atoms with Crippen molar-refractivity contribution in [3.8, 4) is 0 Å². The van der Waals surface area contributed by atoms with Crippen LogP contribution in [0.25, 0.3) is 0 Å². The van der Waals surface area contributed by atoms with Gasteiger partial charge in [0.15, 0.2) is 0 Å². The van der Waals surface area contributed by atoms with Crippen molar-refractivity contribution >= 4 is 21.4 Å². The fourth-order valence-corrected chi connectivity index (χ4v) is 4.05. The van der Waals surface area contributed by atoms with E-state index in [0.29, 0.717) is 22.6 Å². The lowest BCUT2D eigenvalue weighted by molar-refractivity contribution is 0.463. The Balaban J connectivity index is 1.60. The minimum Gasteiger partial charge on any atom is -0.445 e. The van der Waals surface area contributed by atoms with Gasteiger partial charge in [0.25, 0.3) is 0 Å². The SMILES string of the molecule is Cc1cnc(CNS(=O)(=O)c2csc(CNC3CC3)c2)o1. The monoisotopic (exact) mass is 327 g/mol. The Kier molecular flexibility index (Phi) is 4.12. The van der Waals surface area contributed by atoms with Crippen LogP contribution in [0.1, 0.15) is 29.4 Å². The predicted molar refractivity (Wildman–Crippen MR) is 79.4 cm³/mol. The number of sulfonamides is 1. The minimum absolute atomic E-state index is 0.0572. The van der Waals surface area contributed by atoms with E-state index in [0.717, 1.165) is 11.4 Å². The molecule has 0 amide bonds. The number of aromatic nitrogens is 1. The molecule has 2 aromatic heterocycles. The van der Waals surface area contributed by atoms with Gasteiger partial charge < -0.3 is 9.73 Å². The highest BCUT2D eigenvalue weighted by Crippen LogP contribution is 2.23. The van der Waals surface area contributed by atoms with Gasteiger partial charge >= 0.3 is 0 Å². The van der Waals surface area contributed by atoms with Crippen molar-refractivity contribution in [1.82, 2.24) is 15.0 Å². The third-order valence-electron chi connectivity index (χ3n) is 3.16. The van der Waals surface area contributed by atoms with Crippen molar-refractivity contribution in [3.63, 3.8) is 0 Å². The maximum absolute atomic E-state index is 12.2. The molecule has 3 rings (SSSR count). The average Bonchev–Trinajstić information content (AvgIpc) is 2.97. The average molecular weight is 327 g/mol. The lowest BCUT2D eigenvalue weighted by atomic mass is 10.4. The van der Waals surface area contributed by atoms with Gasteiger partial charge in [-0.25, -0.2) is 18.1 Å². The molecule has 8 heteroatoms. The molecule has 2 N–H and O–H groups in total. The van der Waals surface area contributed by atoms with E-state index in [9.17, 15) is 8.42 Å². The summed E-state index contributed by atoms with van der Waals surface area (Å²) in [5.74, 6) is 1.02. The van der Waals surface area contributed by atoms with E-state index in [1.807, 2.05) is 0 Å². The molecule has 0 aliphatic heterocycles. The number of hydrogen-bond donors (Lipinski definition) is 2. The van der Waals surface area contributed by atoms with Crippen LogP contribution in [0.5, 0.6) is 0 Å². The summed E-state index contributed by atoms with van der Waals surface area (Å²) >= 11 is 1.45. The molecule has 1 saturated carbocycles. The van der Waals surface area contributed by atoms with Crippen molar-refractivity contribution in [2.24, 2.45) is 0 Å². The second-order valence-corrected chi connectivity index (χ2v) is 7.86. The standard InChI is InChI=1S/C13H17N3O3S2/c1-9-5-15-13(19-9)7-16-21(17,18)12-4-11(20-8-12)6-14-10-2-3-10/h4-5,8,10,14,16H,2-3,6-7H2,1H3. The first-order valence-corrected chi connectivity index (χ1v) is 9.11. The van der Waals surface area contributed by atoms with E-state index in [-0.39, 0.29) is 6.54 Å². The van der Waals surface area contributed by atoms with Crippen LogP contribution in [0.3, 0.4) is 0 Å². The van der Waals surface area contributed by atoms with E-state index in [1.54, 1.807) is 24.6 Å². The number of nitrogens with zero attached hydrogens (tertiary/aromatic N) is 1. The normalized spacial score (nSPS) is 15.5. The number of aryl methyl sites for hydroxylation is 1. The van der Waals surface area contributed by atoms with Gasteiger partial charge in [-0.05, 0) is 25.8 Å². The van der Waals surface area contributed by atoms with Gasteiger partial charge in [0.1, 0.15) is 5.76 Å². The number of rotatable bonds is 7. The number of hydrogen-bond acceptors (Lipinski definition) is 6. The van der Waals surface area contributed by atoms with Gasteiger partial charge in [-0.1, -0.05) is 0 Å². The van der Waals surface area contributed by atoms with E-state index in [2.05, 4.69) is 15.0 Å². The van der Waals surface area contributed by atoms with Gasteiger partial charge in [0.2, 0.25) is 15.9 Å². The maximum atomic E-state index is 12.2. The molecule has 0 bridgehead atoms. The molecule has 1 fully saturated rings. The molecule has 1 aliphatic rings. The smallest absolute Gasteiger partial charge is 0.241 e. The topological polar surface area (TPSA) is 84.2 Å². The Hall–Kier alpha value is -1.22. The summed E-state index contributed by atoms with van der Waals surface area (Å²) in [6, 6.07) is 2.32. The molecule has 114 valence electrons.